The Bertz CT molecular complexity index is 655. The number of carbonyl (C=O) groups excluding carboxylic acids is 1. The summed E-state index contributed by atoms with van der Waals surface area (Å²) in [5, 5.41) is 11.6. The molecule has 4 rings (SSSR count). The lowest BCUT2D eigenvalue weighted by Gasteiger charge is -2.63. The molecule has 0 radical (unpaired) electrons. The summed E-state index contributed by atoms with van der Waals surface area (Å²) >= 11 is 0. The zero-order valence-electron chi connectivity index (χ0n) is 20.7. The standard InChI is InChI=1S/C28H48O2/c1-18(2)19(3)7-8-20(4)23-9-10-24-22-12-16-28(30)17-21(29)11-15-27(28,6)25(22)13-14-26(23,24)5/h18-20,22-25,30H,7-17H2,1-6H3/t19-,20+,22-,23+,24-,25-,26+,27+,28-/m0/s1. The topological polar surface area (TPSA) is 37.3 Å². The molecule has 4 saturated carbocycles. The first kappa shape index (κ1) is 22.8. The van der Waals surface area contributed by atoms with Crippen molar-refractivity contribution in [1.29, 1.82) is 0 Å². The van der Waals surface area contributed by atoms with E-state index in [1.165, 1.54) is 38.5 Å². The van der Waals surface area contributed by atoms with Gasteiger partial charge in [0.15, 0.2) is 0 Å². The number of hydrogen-bond donors (Lipinski definition) is 1. The first-order valence-electron chi connectivity index (χ1n) is 13.3. The first-order valence-corrected chi connectivity index (χ1v) is 13.3. The Balaban J connectivity index is 1.49. The van der Waals surface area contributed by atoms with Crippen molar-refractivity contribution in [2.75, 3.05) is 0 Å². The maximum atomic E-state index is 12.2. The fourth-order valence-corrected chi connectivity index (χ4v) is 9.07. The van der Waals surface area contributed by atoms with E-state index in [-0.39, 0.29) is 5.41 Å². The molecule has 0 aromatic carbocycles. The van der Waals surface area contributed by atoms with E-state index in [0.29, 0.717) is 30.0 Å². The monoisotopic (exact) mass is 416 g/mol. The van der Waals surface area contributed by atoms with Crippen molar-refractivity contribution in [3.8, 4) is 0 Å². The number of Topliss-reactive ketones (excluding diaryl/α,β-unsaturated/α-hetero) is 1. The van der Waals surface area contributed by atoms with Gasteiger partial charge in [-0.2, -0.15) is 0 Å². The number of ketones is 1. The van der Waals surface area contributed by atoms with Crippen LogP contribution < -0.4 is 0 Å². The van der Waals surface area contributed by atoms with E-state index in [2.05, 4.69) is 41.5 Å². The number of carbonyl (C=O) groups is 1. The van der Waals surface area contributed by atoms with Gasteiger partial charge in [-0.25, -0.2) is 0 Å². The third-order valence-corrected chi connectivity index (χ3v) is 11.6. The summed E-state index contributed by atoms with van der Waals surface area (Å²) in [6.07, 6.45) is 12.2. The van der Waals surface area contributed by atoms with E-state index in [4.69, 9.17) is 0 Å². The fraction of sp³-hybridized carbons (Fsp3) is 0.964. The van der Waals surface area contributed by atoms with Gasteiger partial charge in [0, 0.05) is 18.3 Å². The summed E-state index contributed by atoms with van der Waals surface area (Å²) in [5.41, 5.74) is -0.269. The van der Waals surface area contributed by atoms with Crippen molar-refractivity contribution in [2.45, 2.75) is 118 Å². The Morgan fingerprint density at radius 1 is 0.933 bits per heavy atom. The lowest BCUT2D eigenvalue weighted by molar-refractivity contribution is -0.204. The molecule has 4 aliphatic rings. The zero-order chi connectivity index (χ0) is 21.9. The van der Waals surface area contributed by atoms with Crippen LogP contribution in [0.1, 0.15) is 112 Å². The van der Waals surface area contributed by atoms with Gasteiger partial charge >= 0.3 is 0 Å². The SMILES string of the molecule is CC(C)[C@@H](C)CC[C@@H](C)[C@H]1CC[C@H]2[C@@H]3CC[C@]4(O)CC(=O)CC[C@]4(C)[C@H]3CC[C@]12C. The molecular formula is C28H48O2. The summed E-state index contributed by atoms with van der Waals surface area (Å²) in [6.45, 7) is 14.7. The minimum atomic E-state index is -0.727. The second kappa shape index (κ2) is 7.89. The lowest BCUT2D eigenvalue weighted by atomic mass is 9.43. The van der Waals surface area contributed by atoms with Crippen LogP contribution >= 0.6 is 0 Å². The van der Waals surface area contributed by atoms with Gasteiger partial charge in [-0.05, 0) is 91.8 Å². The molecule has 9 atom stereocenters. The van der Waals surface area contributed by atoms with Gasteiger partial charge in [0.1, 0.15) is 5.78 Å². The van der Waals surface area contributed by atoms with Crippen molar-refractivity contribution in [1.82, 2.24) is 0 Å². The molecule has 1 N–H and O–H groups in total. The maximum Gasteiger partial charge on any atom is 0.135 e. The Hall–Kier alpha value is -0.370. The average Bonchev–Trinajstić information content (AvgIpc) is 3.04. The molecule has 30 heavy (non-hydrogen) atoms. The van der Waals surface area contributed by atoms with Gasteiger partial charge < -0.3 is 5.11 Å². The van der Waals surface area contributed by atoms with Crippen molar-refractivity contribution in [3.05, 3.63) is 0 Å². The molecule has 0 heterocycles. The summed E-state index contributed by atoms with van der Waals surface area (Å²) in [7, 11) is 0. The molecule has 172 valence electrons. The van der Waals surface area contributed by atoms with Crippen LogP contribution in [0.15, 0.2) is 0 Å². The quantitative estimate of drug-likeness (QED) is 0.522. The number of fused-ring (bicyclic) bond motifs is 5. The van der Waals surface area contributed by atoms with Crippen LogP contribution in [0.2, 0.25) is 0 Å². The van der Waals surface area contributed by atoms with Crippen molar-refractivity contribution in [2.24, 2.45) is 52.3 Å². The molecule has 0 aliphatic heterocycles. The van der Waals surface area contributed by atoms with E-state index in [1.807, 2.05) is 0 Å². The molecule has 2 heteroatoms. The van der Waals surface area contributed by atoms with E-state index >= 15 is 0 Å². The van der Waals surface area contributed by atoms with Crippen LogP contribution in [0.3, 0.4) is 0 Å². The number of rotatable bonds is 5. The molecule has 4 fully saturated rings. The van der Waals surface area contributed by atoms with Crippen LogP contribution in [-0.4, -0.2) is 16.5 Å². The van der Waals surface area contributed by atoms with Crippen LogP contribution in [-0.2, 0) is 4.79 Å². The van der Waals surface area contributed by atoms with Gasteiger partial charge in [0.2, 0.25) is 0 Å². The predicted octanol–water partition coefficient (Wildman–Crippen LogP) is 7.04. The lowest BCUT2D eigenvalue weighted by Crippen LogP contribution is -2.62. The summed E-state index contributed by atoms with van der Waals surface area (Å²) in [6, 6.07) is 0. The van der Waals surface area contributed by atoms with E-state index in [9.17, 15) is 9.90 Å². The van der Waals surface area contributed by atoms with Gasteiger partial charge in [-0.1, -0.05) is 54.4 Å². The third-order valence-electron chi connectivity index (χ3n) is 11.6. The Morgan fingerprint density at radius 3 is 2.37 bits per heavy atom. The van der Waals surface area contributed by atoms with Crippen molar-refractivity contribution in [3.63, 3.8) is 0 Å². The van der Waals surface area contributed by atoms with E-state index in [0.717, 1.165) is 54.8 Å². The maximum absolute atomic E-state index is 12.2. The third kappa shape index (κ3) is 3.43. The predicted molar refractivity (Wildman–Crippen MR) is 124 cm³/mol. The van der Waals surface area contributed by atoms with Gasteiger partial charge in [0.25, 0.3) is 0 Å². The molecule has 0 unspecified atom stereocenters. The molecule has 0 aromatic rings. The fourth-order valence-electron chi connectivity index (χ4n) is 9.07. The minimum Gasteiger partial charge on any atom is -0.389 e. The zero-order valence-corrected chi connectivity index (χ0v) is 20.7. The molecular weight excluding hydrogens is 368 g/mol. The highest BCUT2D eigenvalue weighted by Crippen LogP contribution is 2.69. The Kier molecular flexibility index (Phi) is 6.00. The minimum absolute atomic E-state index is 0.0401. The van der Waals surface area contributed by atoms with Crippen LogP contribution in [0.4, 0.5) is 0 Å². The molecule has 4 aliphatic carbocycles. The first-order chi connectivity index (χ1) is 14.0. The molecule has 0 aromatic heterocycles. The number of aliphatic hydroxyl groups is 1. The van der Waals surface area contributed by atoms with Crippen LogP contribution in [0, 0.1) is 52.3 Å². The molecule has 0 spiro atoms. The van der Waals surface area contributed by atoms with Crippen LogP contribution in [0.25, 0.3) is 0 Å². The molecule has 0 amide bonds. The summed E-state index contributed by atoms with van der Waals surface area (Å²) in [4.78, 5) is 12.2. The van der Waals surface area contributed by atoms with Gasteiger partial charge in [-0.3, -0.25) is 4.79 Å². The normalized spacial score (nSPS) is 48.1. The van der Waals surface area contributed by atoms with Crippen molar-refractivity contribution >= 4 is 5.78 Å². The highest BCUT2D eigenvalue weighted by Gasteiger charge is 2.64. The van der Waals surface area contributed by atoms with Crippen LogP contribution in [0.5, 0.6) is 0 Å². The molecule has 0 bridgehead atoms. The highest BCUT2D eigenvalue weighted by molar-refractivity contribution is 5.80. The Labute approximate surface area is 186 Å². The molecule has 0 saturated heterocycles. The summed E-state index contributed by atoms with van der Waals surface area (Å²) in [5.74, 6) is 5.86. The Morgan fingerprint density at radius 2 is 1.67 bits per heavy atom. The summed E-state index contributed by atoms with van der Waals surface area (Å²) < 4.78 is 0. The van der Waals surface area contributed by atoms with Gasteiger partial charge in [0.05, 0.1) is 5.60 Å². The highest BCUT2D eigenvalue weighted by atomic mass is 16.3. The van der Waals surface area contributed by atoms with E-state index < -0.39 is 5.60 Å². The van der Waals surface area contributed by atoms with E-state index in [1.54, 1.807) is 0 Å². The van der Waals surface area contributed by atoms with Crippen molar-refractivity contribution < 1.29 is 9.90 Å². The smallest absolute Gasteiger partial charge is 0.135 e. The van der Waals surface area contributed by atoms with Gasteiger partial charge in [-0.15, -0.1) is 0 Å². The second-order valence-electron chi connectivity index (χ2n) is 13.1. The average molecular weight is 417 g/mol. The largest absolute Gasteiger partial charge is 0.389 e. The molecule has 2 nitrogen and oxygen atoms in total. The number of hydrogen-bond acceptors (Lipinski definition) is 2. The second-order valence-corrected chi connectivity index (χ2v) is 13.1.